The minimum atomic E-state index is -2.50. The van der Waals surface area contributed by atoms with Gasteiger partial charge in [-0.2, -0.15) is 0 Å². The molecule has 0 aliphatic carbocycles. The highest BCUT2D eigenvalue weighted by Crippen LogP contribution is 2.16. The molecule has 0 aliphatic heterocycles. The van der Waals surface area contributed by atoms with Crippen molar-refractivity contribution in [2.75, 3.05) is 0 Å². The average molecular weight is 199 g/mol. The third-order valence-corrected chi connectivity index (χ3v) is 1.69. The van der Waals surface area contributed by atoms with Crippen molar-refractivity contribution in [2.45, 2.75) is 0 Å². The molecule has 13 heavy (non-hydrogen) atoms. The third-order valence-electron chi connectivity index (χ3n) is 1.26. The van der Waals surface area contributed by atoms with Gasteiger partial charge in [0.2, 0.25) is 0 Å². The quantitative estimate of drug-likeness (QED) is 0.384. The van der Waals surface area contributed by atoms with Crippen LogP contribution in [0.3, 0.4) is 0 Å². The topological polar surface area (TPSA) is 98.7 Å². The van der Waals surface area contributed by atoms with E-state index in [1.54, 1.807) is 0 Å². The smallest absolute Gasteiger partial charge is 0.176 e. The Bertz CT molecular complexity index is 347. The Kier molecular flexibility index (Phi) is 2.99. The lowest BCUT2D eigenvalue weighted by atomic mass is 10.3. The normalized spacial score (nSPS) is 14.1. The summed E-state index contributed by atoms with van der Waals surface area (Å²) in [6.45, 7) is 0. The van der Waals surface area contributed by atoms with E-state index in [0.717, 1.165) is 0 Å². The summed E-state index contributed by atoms with van der Waals surface area (Å²) in [6, 6.07) is 5.68. The van der Waals surface area contributed by atoms with Crippen LogP contribution in [0.1, 0.15) is 0 Å². The van der Waals surface area contributed by atoms with Gasteiger partial charge in [0.05, 0.1) is 5.69 Å². The molecule has 1 unspecified atom stereocenters. The van der Waals surface area contributed by atoms with E-state index in [4.69, 9.17) is 10.8 Å². The summed E-state index contributed by atoms with van der Waals surface area (Å²) in [5.41, 5.74) is 5.44. The predicted molar refractivity (Wildman–Crippen MR) is 48.3 cm³/mol. The molecule has 0 aliphatic rings. The van der Waals surface area contributed by atoms with Crippen LogP contribution in [-0.2, 0) is 11.1 Å². The average Bonchev–Trinajstić information content (AvgIpc) is 2.08. The zero-order chi connectivity index (χ0) is 9.84. The van der Waals surface area contributed by atoms with E-state index in [9.17, 15) is 8.76 Å². The predicted octanol–water partition coefficient (Wildman–Crippen LogP) is 0.218. The zero-order valence-electron chi connectivity index (χ0n) is 6.51. The Balaban J connectivity index is 2.92. The first-order valence-corrected chi connectivity index (χ1v) is 4.39. The SMILES string of the molecule is NC(=Nc1ccc(O)cc1)S(=O)[O-]. The zero-order valence-corrected chi connectivity index (χ0v) is 7.32. The van der Waals surface area contributed by atoms with Crippen molar-refractivity contribution >= 4 is 21.9 Å². The molecule has 0 aromatic heterocycles. The van der Waals surface area contributed by atoms with Crippen LogP contribution in [-0.4, -0.2) is 19.0 Å². The maximum Gasteiger partial charge on any atom is 0.176 e. The van der Waals surface area contributed by atoms with Crippen molar-refractivity contribution in [3.63, 3.8) is 0 Å². The standard InChI is InChI=1S/C7H8N2O3S/c8-7(13(11)12)9-5-1-3-6(10)4-2-5/h1-4,10H,(H2,8,9)(H,11,12)/p-1. The summed E-state index contributed by atoms with van der Waals surface area (Å²) in [7, 11) is 0. The molecule has 0 saturated heterocycles. The lowest BCUT2D eigenvalue weighted by Crippen LogP contribution is -2.17. The van der Waals surface area contributed by atoms with Crippen molar-refractivity contribution in [2.24, 2.45) is 10.7 Å². The fourth-order valence-electron chi connectivity index (χ4n) is 0.692. The van der Waals surface area contributed by atoms with Gasteiger partial charge in [0.1, 0.15) is 5.75 Å². The van der Waals surface area contributed by atoms with E-state index < -0.39 is 16.2 Å². The Morgan fingerprint density at radius 2 is 2.00 bits per heavy atom. The largest absolute Gasteiger partial charge is 0.766 e. The Morgan fingerprint density at radius 1 is 1.46 bits per heavy atom. The number of aliphatic imine (C=N–C) groups is 1. The van der Waals surface area contributed by atoms with Crippen LogP contribution in [0.15, 0.2) is 29.3 Å². The van der Waals surface area contributed by atoms with Gasteiger partial charge < -0.3 is 15.4 Å². The second-order valence-electron chi connectivity index (χ2n) is 2.20. The van der Waals surface area contributed by atoms with E-state index in [1.165, 1.54) is 24.3 Å². The van der Waals surface area contributed by atoms with E-state index in [0.29, 0.717) is 5.69 Å². The van der Waals surface area contributed by atoms with Gasteiger partial charge in [-0.1, -0.05) is 0 Å². The first kappa shape index (κ1) is 9.69. The van der Waals surface area contributed by atoms with Crippen LogP contribution in [0.5, 0.6) is 5.75 Å². The van der Waals surface area contributed by atoms with E-state index in [2.05, 4.69) is 4.99 Å². The number of phenolic OH excluding ortho intramolecular Hbond substituents is 1. The summed E-state index contributed by atoms with van der Waals surface area (Å²) < 4.78 is 20.5. The van der Waals surface area contributed by atoms with Gasteiger partial charge in [-0.05, 0) is 24.3 Å². The van der Waals surface area contributed by atoms with Crippen LogP contribution in [0.2, 0.25) is 0 Å². The maximum atomic E-state index is 10.3. The number of nitrogens with zero attached hydrogens (tertiary/aromatic N) is 1. The molecule has 3 N–H and O–H groups in total. The summed E-state index contributed by atoms with van der Waals surface area (Å²) in [5.74, 6) is 0.0840. The number of benzene rings is 1. The molecular weight excluding hydrogens is 192 g/mol. The number of nitrogens with two attached hydrogens (primary N) is 1. The van der Waals surface area contributed by atoms with Gasteiger partial charge in [0.15, 0.2) is 5.17 Å². The molecule has 5 nitrogen and oxygen atoms in total. The molecule has 0 spiro atoms. The summed E-state index contributed by atoms with van der Waals surface area (Å²) in [6.07, 6.45) is 0. The van der Waals surface area contributed by atoms with Gasteiger partial charge in [-0.25, -0.2) is 4.99 Å². The molecule has 1 atom stereocenters. The molecule has 0 heterocycles. The molecule has 6 heteroatoms. The molecule has 0 amide bonds. The Labute approximate surface area is 77.2 Å². The Morgan fingerprint density at radius 3 is 2.46 bits per heavy atom. The van der Waals surface area contributed by atoms with Crippen LogP contribution in [0.25, 0.3) is 0 Å². The lowest BCUT2D eigenvalue weighted by Gasteiger charge is -2.02. The number of aromatic hydroxyl groups is 1. The van der Waals surface area contributed by atoms with Gasteiger partial charge in [0.25, 0.3) is 0 Å². The minimum absolute atomic E-state index is 0.0840. The van der Waals surface area contributed by atoms with Crippen LogP contribution < -0.4 is 5.73 Å². The highest BCUT2D eigenvalue weighted by Gasteiger charge is 1.93. The fraction of sp³-hybridized carbons (Fsp3) is 0. The molecule has 0 fully saturated rings. The highest BCUT2D eigenvalue weighted by atomic mass is 32.2. The number of rotatable bonds is 1. The summed E-state index contributed by atoms with van der Waals surface area (Å²) in [5, 5.41) is 8.42. The van der Waals surface area contributed by atoms with Gasteiger partial charge >= 0.3 is 0 Å². The number of hydrogen-bond acceptors (Lipinski definition) is 4. The second kappa shape index (κ2) is 4.01. The minimum Gasteiger partial charge on any atom is -0.766 e. The van der Waals surface area contributed by atoms with E-state index >= 15 is 0 Å². The van der Waals surface area contributed by atoms with Gasteiger partial charge in [-0.3, -0.25) is 4.21 Å². The molecule has 0 bridgehead atoms. The number of amidine groups is 1. The number of phenols is 1. The van der Waals surface area contributed by atoms with E-state index in [1.807, 2.05) is 0 Å². The molecule has 1 aromatic carbocycles. The van der Waals surface area contributed by atoms with Crippen molar-refractivity contribution in [1.82, 2.24) is 0 Å². The maximum absolute atomic E-state index is 10.3. The van der Waals surface area contributed by atoms with Crippen LogP contribution >= 0.6 is 0 Å². The summed E-state index contributed by atoms with van der Waals surface area (Å²) >= 11 is -2.50. The van der Waals surface area contributed by atoms with Crippen molar-refractivity contribution < 1.29 is 13.9 Å². The molecule has 0 radical (unpaired) electrons. The van der Waals surface area contributed by atoms with Crippen LogP contribution in [0, 0.1) is 0 Å². The molecule has 0 saturated carbocycles. The van der Waals surface area contributed by atoms with Crippen molar-refractivity contribution in [3.8, 4) is 5.75 Å². The van der Waals surface area contributed by atoms with Gasteiger partial charge in [0, 0.05) is 11.1 Å². The highest BCUT2D eigenvalue weighted by molar-refractivity contribution is 7.95. The lowest BCUT2D eigenvalue weighted by molar-refractivity contribution is 0.475. The van der Waals surface area contributed by atoms with Crippen LogP contribution in [0.4, 0.5) is 5.69 Å². The van der Waals surface area contributed by atoms with Crippen molar-refractivity contribution in [3.05, 3.63) is 24.3 Å². The number of hydrogen-bond donors (Lipinski definition) is 2. The first-order valence-electron chi connectivity index (χ1n) is 3.32. The van der Waals surface area contributed by atoms with Crippen molar-refractivity contribution in [1.29, 1.82) is 0 Å². The summed E-state index contributed by atoms with van der Waals surface area (Å²) in [4.78, 5) is 3.57. The first-order chi connectivity index (χ1) is 6.09. The van der Waals surface area contributed by atoms with E-state index in [-0.39, 0.29) is 5.75 Å². The van der Waals surface area contributed by atoms with Gasteiger partial charge in [-0.15, -0.1) is 0 Å². The fourth-order valence-corrected chi connectivity index (χ4v) is 0.872. The molecule has 1 rings (SSSR count). The third kappa shape index (κ3) is 2.85. The monoisotopic (exact) mass is 199 g/mol. The molecular formula is C7H7N2O3S-. The molecule has 1 aromatic rings. The molecule has 70 valence electrons. The Hall–Kier alpha value is -1.40. The second-order valence-corrected chi connectivity index (χ2v) is 3.09.